The van der Waals surface area contributed by atoms with E-state index in [1.165, 1.54) is 0 Å². The molecule has 0 atom stereocenters. The van der Waals surface area contributed by atoms with Crippen molar-refractivity contribution in [3.63, 3.8) is 0 Å². The second kappa shape index (κ2) is 8.42. The molecule has 30 heavy (non-hydrogen) atoms. The molecule has 0 aliphatic carbocycles. The average molecular weight is 483 g/mol. The number of halogens is 2. The van der Waals surface area contributed by atoms with Crippen molar-refractivity contribution >= 4 is 50.2 Å². The van der Waals surface area contributed by atoms with Crippen LogP contribution in [0.25, 0.3) is 11.0 Å². The molecular formula is C23H17BrClN3O2. The Hall–Kier alpha value is -2.96. The standard InChI is InChI=1S/C23H17BrClN3O2/c1-14-11-17(9-10-18(14)24)26-22(29)21-23(30)28(13-15-5-4-6-16(25)12-15)20-8-3-2-7-19(20)27-21/h2-12H,13H2,1H3,(H,26,29). The Kier molecular flexibility index (Phi) is 5.70. The van der Waals surface area contributed by atoms with Crippen LogP contribution in [0.2, 0.25) is 5.02 Å². The van der Waals surface area contributed by atoms with Crippen molar-refractivity contribution in [1.29, 1.82) is 0 Å². The number of anilines is 1. The fourth-order valence-corrected chi connectivity index (χ4v) is 3.69. The van der Waals surface area contributed by atoms with E-state index in [0.717, 1.165) is 15.6 Å². The predicted octanol–water partition coefficient (Wildman–Crippen LogP) is 5.42. The molecule has 0 saturated heterocycles. The quantitative estimate of drug-likeness (QED) is 0.422. The first-order valence-corrected chi connectivity index (χ1v) is 10.4. The normalized spacial score (nSPS) is 10.9. The Morgan fingerprint density at radius 3 is 2.67 bits per heavy atom. The van der Waals surface area contributed by atoms with E-state index in [1.807, 2.05) is 49.4 Å². The minimum Gasteiger partial charge on any atom is -0.320 e. The van der Waals surface area contributed by atoms with Crippen LogP contribution in [-0.2, 0) is 6.54 Å². The number of carbonyl (C=O) groups is 1. The van der Waals surface area contributed by atoms with Gasteiger partial charge >= 0.3 is 0 Å². The maximum absolute atomic E-state index is 13.2. The lowest BCUT2D eigenvalue weighted by molar-refractivity contribution is 0.102. The zero-order valence-electron chi connectivity index (χ0n) is 16.0. The number of para-hydroxylation sites is 2. The van der Waals surface area contributed by atoms with Gasteiger partial charge in [-0.25, -0.2) is 4.98 Å². The number of rotatable bonds is 4. The molecule has 0 aliphatic heterocycles. The molecule has 0 aliphatic rings. The van der Waals surface area contributed by atoms with Gasteiger partial charge in [-0.2, -0.15) is 0 Å². The molecule has 1 amide bonds. The number of benzene rings is 3. The second-order valence-corrected chi connectivity index (χ2v) is 8.18. The van der Waals surface area contributed by atoms with Crippen LogP contribution in [0.1, 0.15) is 21.6 Å². The zero-order valence-corrected chi connectivity index (χ0v) is 18.4. The van der Waals surface area contributed by atoms with Crippen molar-refractivity contribution in [3.05, 3.63) is 103 Å². The number of carbonyl (C=O) groups excluding carboxylic acids is 1. The number of nitrogens with zero attached hydrogens (tertiary/aromatic N) is 2. The van der Waals surface area contributed by atoms with Gasteiger partial charge in [0.25, 0.3) is 11.5 Å². The van der Waals surface area contributed by atoms with Gasteiger partial charge in [0.15, 0.2) is 5.69 Å². The van der Waals surface area contributed by atoms with Gasteiger partial charge in [-0.1, -0.05) is 51.8 Å². The Bertz CT molecular complexity index is 1330. The van der Waals surface area contributed by atoms with Crippen molar-refractivity contribution < 1.29 is 4.79 Å². The first kappa shape index (κ1) is 20.3. The lowest BCUT2D eigenvalue weighted by Gasteiger charge is -2.13. The molecule has 7 heteroatoms. The highest BCUT2D eigenvalue weighted by Crippen LogP contribution is 2.21. The number of aromatic nitrogens is 2. The molecule has 0 saturated carbocycles. The lowest BCUT2D eigenvalue weighted by Crippen LogP contribution is -2.31. The Balaban J connectivity index is 1.78. The number of fused-ring (bicyclic) bond motifs is 1. The molecule has 0 spiro atoms. The van der Waals surface area contributed by atoms with Gasteiger partial charge in [0.1, 0.15) is 0 Å². The lowest BCUT2D eigenvalue weighted by atomic mass is 10.2. The monoisotopic (exact) mass is 481 g/mol. The number of amides is 1. The van der Waals surface area contributed by atoms with Gasteiger partial charge < -0.3 is 9.88 Å². The van der Waals surface area contributed by atoms with Crippen molar-refractivity contribution in [3.8, 4) is 0 Å². The Labute approximate surface area is 186 Å². The van der Waals surface area contributed by atoms with Crippen LogP contribution in [0, 0.1) is 6.92 Å². The van der Waals surface area contributed by atoms with E-state index in [1.54, 1.807) is 28.8 Å². The first-order valence-electron chi connectivity index (χ1n) is 9.24. The third kappa shape index (κ3) is 4.15. The highest BCUT2D eigenvalue weighted by molar-refractivity contribution is 9.10. The van der Waals surface area contributed by atoms with Crippen molar-refractivity contribution in [1.82, 2.24) is 9.55 Å². The molecule has 1 aromatic heterocycles. The molecule has 4 rings (SSSR count). The van der Waals surface area contributed by atoms with Crippen LogP contribution in [0.4, 0.5) is 5.69 Å². The fourth-order valence-electron chi connectivity index (χ4n) is 3.23. The molecule has 0 bridgehead atoms. The van der Waals surface area contributed by atoms with E-state index in [9.17, 15) is 9.59 Å². The van der Waals surface area contributed by atoms with E-state index >= 15 is 0 Å². The van der Waals surface area contributed by atoms with Crippen LogP contribution in [-0.4, -0.2) is 15.5 Å². The number of nitrogens with one attached hydrogen (secondary N) is 1. The summed E-state index contributed by atoms with van der Waals surface area (Å²) < 4.78 is 2.49. The summed E-state index contributed by atoms with van der Waals surface area (Å²) >= 11 is 9.54. The maximum atomic E-state index is 13.2. The van der Waals surface area contributed by atoms with Gasteiger partial charge in [-0.05, 0) is 60.5 Å². The summed E-state index contributed by atoms with van der Waals surface area (Å²) in [6, 6.07) is 20.0. The molecule has 1 N–H and O–H groups in total. The summed E-state index contributed by atoms with van der Waals surface area (Å²) in [6.45, 7) is 2.20. The largest absolute Gasteiger partial charge is 0.320 e. The highest BCUT2D eigenvalue weighted by atomic mass is 79.9. The van der Waals surface area contributed by atoms with Gasteiger partial charge in [0, 0.05) is 15.2 Å². The highest BCUT2D eigenvalue weighted by Gasteiger charge is 2.18. The predicted molar refractivity (Wildman–Crippen MR) is 123 cm³/mol. The minimum absolute atomic E-state index is 0.156. The maximum Gasteiger partial charge on any atom is 0.283 e. The Morgan fingerprint density at radius 2 is 1.90 bits per heavy atom. The minimum atomic E-state index is -0.549. The van der Waals surface area contributed by atoms with Crippen molar-refractivity contribution in [2.24, 2.45) is 0 Å². The summed E-state index contributed by atoms with van der Waals surface area (Å²) in [4.78, 5) is 30.5. The molecule has 3 aromatic carbocycles. The SMILES string of the molecule is Cc1cc(NC(=O)c2nc3ccccc3n(Cc3cccc(Cl)c3)c2=O)ccc1Br. The van der Waals surface area contributed by atoms with Crippen LogP contribution in [0.5, 0.6) is 0 Å². The average Bonchev–Trinajstić information content (AvgIpc) is 2.72. The summed E-state index contributed by atoms with van der Waals surface area (Å²) in [6.07, 6.45) is 0. The van der Waals surface area contributed by atoms with Crippen molar-refractivity contribution in [2.75, 3.05) is 5.32 Å². The summed E-state index contributed by atoms with van der Waals surface area (Å²) in [5, 5.41) is 3.36. The summed E-state index contributed by atoms with van der Waals surface area (Å²) in [5.41, 5.74) is 3.02. The van der Waals surface area contributed by atoms with E-state index in [-0.39, 0.29) is 12.2 Å². The van der Waals surface area contributed by atoms with Crippen molar-refractivity contribution in [2.45, 2.75) is 13.5 Å². The van der Waals surface area contributed by atoms with E-state index < -0.39 is 11.5 Å². The van der Waals surface area contributed by atoms with Crippen LogP contribution in [0.3, 0.4) is 0 Å². The molecular weight excluding hydrogens is 466 g/mol. The molecule has 4 aromatic rings. The molecule has 5 nitrogen and oxygen atoms in total. The molecule has 150 valence electrons. The van der Waals surface area contributed by atoms with Crippen LogP contribution >= 0.6 is 27.5 Å². The smallest absolute Gasteiger partial charge is 0.283 e. The molecule has 0 unspecified atom stereocenters. The van der Waals surface area contributed by atoms with E-state index in [4.69, 9.17) is 11.6 Å². The van der Waals surface area contributed by atoms with Crippen LogP contribution < -0.4 is 10.9 Å². The zero-order chi connectivity index (χ0) is 21.3. The number of hydrogen-bond donors (Lipinski definition) is 1. The topological polar surface area (TPSA) is 64.0 Å². The van der Waals surface area contributed by atoms with E-state index in [2.05, 4.69) is 26.2 Å². The summed E-state index contributed by atoms with van der Waals surface area (Å²) in [7, 11) is 0. The Morgan fingerprint density at radius 1 is 1.10 bits per heavy atom. The first-order chi connectivity index (χ1) is 14.4. The van der Waals surface area contributed by atoms with Gasteiger partial charge in [0.2, 0.25) is 0 Å². The van der Waals surface area contributed by atoms with Gasteiger partial charge in [-0.15, -0.1) is 0 Å². The number of hydrogen-bond acceptors (Lipinski definition) is 3. The number of aryl methyl sites for hydroxylation is 1. The third-order valence-corrected chi connectivity index (χ3v) is 5.84. The summed E-state index contributed by atoms with van der Waals surface area (Å²) in [5.74, 6) is -0.549. The van der Waals surface area contributed by atoms with Gasteiger partial charge in [0.05, 0.1) is 17.6 Å². The molecule has 0 fully saturated rings. The third-order valence-electron chi connectivity index (χ3n) is 4.71. The fraction of sp³-hybridized carbons (Fsp3) is 0.0870. The van der Waals surface area contributed by atoms with Crippen LogP contribution in [0.15, 0.2) is 76.0 Å². The second-order valence-electron chi connectivity index (χ2n) is 6.89. The van der Waals surface area contributed by atoms with E-state index in [0.29, 0.717) is 21.7 Å². The molecule has 0 radical (unpaired) electrons. The molecule has 1 heterocycles. The van der Waals surface area contributed by atoms with Gasteiger partial charge in [-0.3, -0.25) is 9.59 Å².